The van der Waals surface area contributed by atoms with Crippen LogP contribution < -0.4 is 28.4 Å². The highest BCUT2D eigenvalue weighted by Gasteiger charge is 2.35. The van der Waals surface area contributed by atoms with E-state index in [-0.39, 0.29) is 92.3 Å². The van der Waals surface area contributed by atoms with Crippen molar-refractivity contribution in [1.29, 1.82) is 0 Å². The number of aryl methyl sites for hydroxylation is 3. The lowest BCUT2D eigenvalue weighted by atomic mass is 10.1. The molecule has 586 valence electrons. The van der Waals surface area contributed by atoms with Crippen LogP contribution in [0.2, 0.25) is 0 Å². The van der Waals surface area contributed by atoms with Crippen molar-refractivity contribution in [3.63, 3.8) is 0 Å². The van der Waals surface area contributed by atoms with E-state index in [1.54, 1.807) is 115 Å². The molecule has 3 fully saturated rings. The number of rotatable bonds is 21. The van der Waals surface area contributed by atoms with E-state index in [4.69, 9.17) is 43.4 Å². The van der Waals surface area contributed by atoms with Gasteiger partial charge in [-0.1, -0.05) is 86.7 Å². The van der Waals surface area contributed by atoms with Crippen molar-refractivity contribution in [3.8, 4) is 97.4 Å². The van der Waals surface area contributed by atoms with Crippen LogP contribution in [-0.2, 0) is 33.6 Å². The third-order valence-corrected chi connectivity index (χ3v) is 19.8. The normalized spacial score (nSPS) is 14.7. The maximum absolute atomic E-state index is 14.5. The van der Waals surface area contributed by atoms with E-state index in [9.17, 15) is 27.6 Å². The highest BCUT2D eigenvalue weighted by molar-refractivity contribution is 5.94. The van der Waals surface area contributed by atoms with Crippen molar-refractivity contribution < 1.29 is 56.0 Å². The number of amides is 3. The van der Waals surface area contributed by atoms with Crippen LogP contribution in [0.5, 0.6) is 51.7 Å². The summed E-state index contributed by atoms with van der Waals surface area (Å²) in [6, 6.07) is 36.6. The van der Waals surface area contributed by atoms with E-state index in [0.29, 0.717) is 56.5 Å². The van der Waals surface area contributed by atoms with Crippen LogP contribution in [0.3, 0.4) is 0 Å². The Balaban J connectivity index is 0.000000177. The summed E-state index contributed by atoms with van der Waals surface area (Å²) in [5.74, 6) is 8.62. The van der Waals surface area contributed by atoms with Crippen molar-refractivity contribution in [2.45, 2.75) is 113 Å². The van der Waals surface area contributed by atoms with Gasteiger partial charge >= 0.3 is 0 Å². The molecule has 15 rings (SSSR count). The average molecular weight is 1530 g/mol. The maximum atomic E-state index is 14.5. The predicted molar refractivity (Wildman–Crippen MR) is 433 cm³/mol. The van der Waals surface area contributed by atoms with Crippen LogP contribution in [0, 0.1) is 29.3 Å². The number of fused-ring (bicyclic) bond motifs is 3. The van der Waals surface area contributed by atoms with Crippen LogP contribution in [0.15, 0.2) is 190 Å². The van der Waals surface area contributed by atoms with Crippen molar-refractivity contribution in [3.05, 3.63) is 242 Å². The number of carbonyl (C=O) groups is 3. The Labute approximate surface area is 657 Å². The van der Waals surface area contributed by atoms with Gasteiger partial charge in [0.15, 0.2) is 34.5 Å². The van der Waals surface area contributed by atoms with Gasteiger partial charge in [-0.3, -0.25) is 42.5 Å². The second-order valence-electron chi connectivity index (χ2n) is 26.4. The molecule has 24 heteroatoms. The van der Waals surface area contributed by atoms with Gasteiger partial charge in [-0.2, -0.15) is 13.2 Å². The summed E-state index contributed by atoms with van der Waals surface area (Å²) in [5.41, 5.74) is 10.9. The Morgan fingerprint density at radius 1 is 0.460 bits per heavy atom. The van der Waals surface area contributed by atoms with E-state index >= 15 is 0 Å². The van der Waals surface area contributed by atoms with Crippen LogP contribution in [0.1, 0.15) is 128 Å². The predicted octanol–water partition coefficient (Wildman–Crippen LogP) is 18.3. The van der Waals surface area contributed by atoms with Gasteiger partial charge in [-0.05, 0) is 173 Å². The molecule has 9 heterocycles. The lowest BCUT2D eigenvalue weighted by Crippen LogP contribution is -2.27. The van der Waals surface area contributed by atoms with Gasteiger partial charge in [0.05, 0.1) is 72.0 Å². The van der Waals surface area contributed by atoms with Gasteiger partial charge in [0, 0.05) is 111 Å². The van der Waals surface area contributed by atoms with Gasteiger partial charge < -0.3 is 43.1 Å². The molecule has 0 spiro atoms. The molecular weight excluding hydrogens is 1440 g/mol. The smallest absolute Gasteiger partial charge is 0.298 e. The number of likely N-dealkylation sites (tertiary alicyclic amines) is 3. The molecule has 3 saturated heterocycles. The summed E-state index contributed by atoms with van der Waals surface area (Å²) in [4.78, 5) is 71.1. The third kappa shape index (κ3) is 17.4. The molecule has 0 unspecified atom stereocenters. The van der Waals surface area contributed by atoms with E-state index in [1.165, 1.54) is 33.5 Å². The van der Waals surface area contributed by atoms with E-state index in [2.05, 4.69) is 73.9 Å². The zero-order valence-corrected chi connectivity index (χ0v) is 62.3. The SMILES string of the molecule is C.C.C.C=CC(=O)N1CC[C@@H](c2nc(-c3ccc(Oc4cccc(OC)c4F)cc3)c3c(CC)nccn23)C1.C=CC(=O)N1CC[C@@H](c2nc(-c3ccc(Oc4cccc(OC)c4F)cc3)c3c(CCC)nccn23)C1.CC#CC(=O)N1CC[C@@H](c2nc(-c3ccc(Oc4cccc(OC)c4F)cc3)c3c(CC)nccn23)C1. The quantitative estimate of drug-likeness (QED) is 0.0484. The minimum atomic E-state index is -0.550. The zero-order chi connectivity index (χ0) is 77.1. The first kappa shape index (κ1) is 82.7. The first-order chi connectivity index (χ1) is 53.6. The molecule has 3 atom stereocenters. The Morgan fingerprint density at radius 2 is 0.770 bits per heavy atom. The van der Waals surface area contributed by atoms with Crippen molar-refractivity contribution in [2.24, 2.45) is 0 Å². The fraction of sp³-hybridized carbons (Fsp3) is 0.292. The highest BCUT2D eigenvalue weighted by Crippen LogP contribution is 2.41. The summed E-state index contributed by atoms with van der Waals surface area (Å²) in [6.07, 6.45) is 19.7. The standard InChI is InChI=1S/C29H29FN4O3.C29H27FN4O3.C28H27FN4O3.3CH4/c1-4-7-22-28-27(19-10-12-21(13-11-19)37-24-9-6-8-23(36-3)26(24)30)32-29(34(28)17-15-31-22)20-14-16-33(18-20)25(35)5-2;1-4-7-25(35)33-16-14-20(18-33)29-32-27(28-22(5-2)31-15-17-34(28)29)19-10-12-21(13-11-19)37-24-9-6-8-23(36-3)26(24)30;1-4-21-27-26(18-9-11-20(12-10-18)36-23-8-6-7-22(35-3)25(23)29)31-28(33(27)16-14-30-21)19-13-15-32(17-19)24(34)5-2;;;/h5-6,8-13,15,17,20H,2,4,7,14,16,18H2,1,3H3;6,8-13,15,17,20H,5,14,16,18H2,1-3H3;5-12,14,16,19H,2,4,13,15,17H2,1,3H3;3*1H4/t2*20-;19-;;;/m111.../s1. The van der Waals surface area contributed by atoms with Gasteiger partial charge in [0.25, 0.3) is 5.91 Å². The van der Waals surface area contributed by atoms with E-state index in [1.807, 2.05) is 71.0 Å². The molecule has 3 aliphatic rings. The zero-order valence-electron chi connectivity index (χ0n) is 62.3. The van der Waals surface area contributed by atoms with Crippen LogP contribution in [0.4, 0.5) is 13.2 Å². The number of methoxy groups -OCH3 is 3. The summed E-state index contributed by atoms with van der Waals surface area (Å²) < 4.78 is 82.4. The molecule has 21 nitrogen and oxygen atoms in total. The van der Waals surface area contributed by atoms with Gasteiger partial charge in [0.1, 0.15) is 34.7 Å². The number of hydrogen-bond acceptors (Lipinski definition) is 15. The fourth-order valence-corrected chi connectivity index (χ4v) is 14.3. The van der Waals surface area contributed by atoms with E-state index < -0.39 is 17.5 Å². The number of carbonyl (C=O) groups excluding carboxylic acids is 3. The minimum absolute atomic E-state index is 0. The third-order valence-electron chi connectivity index (χ3n) is 19.8. The summed E-state index contributed by atoms with van der Waals surface area (Å²) >= 11 is 0. The van der Waals surface area contributed by atoms with Crippen molar-refractivity contribution in [1.82, 2.24) is 57.8 Å². The second-order valence-corrected chi connectivity index (χ2v) is 26.4. The summed E-state index contributed by atoms with van der Waals surface area (Å²) in [6.45, 7) is 19.0. The molecule has 0 bridgehead atoms. The Morgan fingerprint density at radius 3 is 1.08 bits per heavy atom. The Bertz CT molecular complexity index is 5460. The largest absolute Gasteiger partial charge is 0.494 e. The lowest BCUT2D eigenvalue weighted by Gasteiger charge is -2.13. The summed E-state index contributed by atoms with van der Waals surface area (Å²) in [7, 11) is 4.25. The first-order valence-corrected chi connectivity index (χ1v) is 36.6. The molecule has 113 heavy (non-hydrogen) atoms. The number of hydrogen-bond donors (Lipinski definition) is 0. The van der Waals surface area contributed by atoms with Gasteiger partial charge in [-0.15, -0.1) is 0 Å². The van der Waals surface area contributed by atoms with Gasteiger partial charge in [0.2, 0.25) is 29.3 Å². The molecule has 3 amide bonds. The fourth-order valence-electron chi connectivity index (χ4n) is 14.3. The Kier molecular flexibility index (Phi) is 27.3. The molecular formula is C89H95F3N12O9. The van der Waals surface area contributed by atoms with Gasteiger partial charge in [-0.25, -0.2) is 15.0 Å². The lowest BCUT2D eigenvalue weighted by molar-refractivity contribution is -0.125. The van der Waals surface area contributed by atoms with Crippen LogP contribution in [0.25, 0.3) is 50.3 Å². The van der Waals surface area contributed by atoms with Crippen molar-refractivity contribution >= 4 is 34.3 Å². The number of imidazole rings is 3. The number of halogens is 3. The molecule has 3 aliphatic heterocycles. The van der Waals surface area contributed by atoms with E-state index in [0.717, 1.165) is 130 Å². The van der Waals surface area contributed by atoms with Crippen LogP contribution >= 0.6 is 0 Å². The number of aromatic nitrogens is 9. The maximum Gasteiger partial charge on any atom is 0.298 e. The number of nitrogens with zero attached hydrogens (tertiary/aromatic N) is 12. The molecule has 6 aromatic heterocycles. The molecule has 12 aromatic rings. The van der Waals surface area contributed by atoms with Crippen molar-refractivity contribution in [2.75, 3.05) is 60.6 Å². The number of ether oxygens (including phenoxy) is 6. The molecule has 0 aliphatic carbocycles. The molecule has 6 aromatic carbocycles. The second kappa shape index (κ2) is 37.3. The highest BCUT2D eigenvalue weighted by atomic mass is 19.1. The summed E-state index contributed by atoms with van der Waals surface area (Å²) in [5, 5.41) is 0. The first-order valence-electron chi connectivity index (χ1n) is 36.6. The topological polar surface area (TPSA) is 207 Å². The number of benzene rings is 6. The molecule has 0 saturated carbocycles. The minimum Gasteiger partial charge on any atom is -0.494 e. The monoisotopic (exact) mass is 1530 g/mol. The average Bonchev–Trinajstić information content (AvgIpc) is 1.61. The molecule has 0 radical (unpaired) electrons. The van der Waals surface area contributed by atoms with Crippen LogP contribution in [-0.4, -0.2) is 136 Å². The molecule has 0 N–H and O–H groups in total. The Hall–Kier alpha value is -12.8.